The van der Waals surface area contributed by atoms with E-state index >= 15 is 0 Å². The van der Waals surface area contributed by atoms with Gasteiger partial charge >= 0.3 is 0 Å². The van der Waals surface area contributed by atoms with Crippen LogP contribution in [0.3, 0.4) is 0 Å². The molecule has 3 rings (SSSR count). The van der Waals surface area contributed by atoms with Crippen LogP contribution in [0.15, 0.2) is 33.1 Å². The summed E-state index contributed by atoms with van der Waals surface area (Å²) in [4.78, 5) is 1.81. The molecule has 0 aromatic heterocycles. The molecule has 5 nitrogen and oxygen atoms in total. The van der Waals surface area contributed by atoms with Crippen molar-refractivity contribution in [1.29, 1.82) is 0 Å². The van der Waals surface area contributed by atoms with E-state index in [1.807, 2.05) is 19.0 Å². The van der Waals surface area contributed by atoms with Crippen LogP contribution >= 0.6 is 0 Å². The first-order valence-corrected chi connectivity index (χ1v) is 8.84. The van der Waals surface area contributed by atoms with E-state index in [9.17, 15) is 4.21 Å². The van der Waals surface area contributed by atoms with Gasteiger partial charge in [-0.2, -0.15) is 0 Å². The number of hydrogen-bond acceptors (Lipinski definition) is 3. The van der Waals surface area contributed by atoms with Crippen molar-refractivity contribution in [3.05, 3.63) is 29.8 Å². The zero-order valence-electron chi connectivity index (χ0n) is 13.1. The third-order valence-corrected chi connectivity index (χ3v) is 4.89. The molecular formula is C16H22N4OS. The van der Waals surface area contributed by atoms with E-state index in [0.29, 0.717) is 17.6 Å². The van der Waals surface area contributed by atoms with Gasteiger partial charge in [0, 0.05) is 19.8 Å². The summed E-state index contributed by atoms with van der Waals surface area (Å²) in [5.74, 6) is 1.89. The normalized spacial score (nSPS) is 22.2. The molecule has 118 valence electrons. The van der Waals surface area contributed by atoms with Gasteiger partial charge in [0.05, 0.1) is 0 Å². The minimum absolute atomic E-state index is 0.564. The Morgan fingerprint density at radius 2 is 1.77 bits per heavy atom. The van der Waals surface area contributed by atoms with Gasteiger partial charge in [-0.05, 0) is 36.5 Å². The minimum atomic E-state index is -1.51. The lowest BCUT2D eigenvalue weighted by molar-refractivity contribution is 0.443. The molecule has 1 aromatic rings. The Kier molecular flexibility index (Phi) is 4.57. The first-order chi connectivity index (χ1) is 10.6. The van der Waals surface area contributed by atoms with Gasteiger partial charge < -0.3 is 10.2 Å². The Bertz CT molecular complexity index is 616. The number of rotatable bonds is 2. The molecule has 6 heteroatoms. The number of likely N-dealkylation sites (N-methyl/N-ethyl adjacent to an activating group) is 1. The number of nitrogens with zero attached hydrogens (tertiary/aromatic N) is 3. The van der Waals surface area contributed by atoms with Crippen molar-refractivity contribution in [2.45, 2.75) is 38.0 Å². The van der Waals surface area contributed by atoms with E-state index in [0.717, 1.165) is 5.69 Å². The molecule has 1 saturated carbocycles. The molecule has 1 atom stereocenters. The Morgan fingerprint density at radius 1 is 1.09 bits per heavy atom. The van der Waals surface area contributed by atoms with E-state index < -0.39 is 11.2 Å². The van der Waals surface area contributed by atoms with Crippen LogP contribution in [0, 0.1) is 0 Å². The summed E-state index contributed by atoms with van der Waals surface area (Å²) in [6, 6.07) is 8.52. The van der Waals surface area contributed by atoms with Gasteiger partial charge in [0.15, 0.2) is 11.7 Å². The third-order valence-electron chi connectivity index (χ3n) is 4.22. The van der Waals surface area contributed by atoms with Gasteiger partial charge in [0.25, 0.3) is 11.2 Å². The Labute approximate surface area is 134 Å². The Balaban J connectivity index is 1.70. The second kappa shape index (κ2) is 6.60. The highest BCUT2D eigenvalue weighted by Gasteiger charge is 2.21. The van der Waals surface area contributed by atoms with Crippen LogP contribution in [0.1, 0.15) is 43.6 Å². The summed E-state index contributed by atoms with van der Waals surface area (Å²) in [5, 5.41) is 3.22. The lowest BCUT2D eigenvalue weighted by Crippen LogP contribution is -2.32. The van der Waals surface area contributed by atoms with Crippen molar-refractivity contribution >= 4 is 28.5 Å². The van der Waals surface area contributed by atoms with Crippen LogP contribution in [0.25, 0.3) is 0 Å². The van der Waals surface area contributed by atoms with Crippen LogP contribution in [-0.4, -0.2) is 34.9 Å². The smallest absolute Gasteiger partial charge is 0.269 e. The van der Waals surface area contributed by atoms with Crippen LogP contribution in [0.4, 0.5) is 5.69 Å². The van der Waals surface area contributed by atoms with Crippen molar-refractivity contribution in [2.75, 3.05) is 19.4 Å². The molecule has 22 heavy (non-hydrogen) atoms. The summed E-state index contributed by atoms with van der Waals surface area (Å²) in [5.41, 5.74) is 2.37. The SMILES string of the molecule is CN(C)C1=NS(=O)N=C1Nc1ccc(C2CCCCC2)cc1. The predicted octanol–water partition coefficient (Wildman–Crippen LogP) is 3.10. The standard InChI is InChI=1S/C16H22N4OS/c1-20(2)16-15(18-22(21)19-16)17-14-10-8-13(9-11-14)12-6-4-3-5-7-12/h8-12H,3-7H2,1-2H3,(H,17,18). The van der Waals surface area contributed by atoms with Crippen LogP contribution in [0.2, 0.25) is 0 Å². The summed E-state index contributed by atoms with van der Waals surface area (Å²) >= 11 is -1.51. The maximum Gasteiger partial charge on any atom is 0.269 e. The highest BCUT2D eigenvalue weighted by Crippen LogP contribution is 2.33. The number of hydrogen-bond donors (Lipinski definition) is 1. The molecule has 1 aliphatic heterocycles. The molecule has 0 saturated heterocycles. The first kappa shape index (κ1) is 15.2. The molecule has 0 amide bonds. The molecule has 0 spiro atoms. The van der Waals surface area contributed by atoms with Gasteiger partial charge in [0.2, 0.25) is 0 Å². The monoisotopic (exact) mass is 318 g/mol. The van der Waals surface area contributed by atoms with Crippen LogP contribution < -0.4 is 5.32 Å². The topological polar surface area (TPSA) is 57.1 Å². The summed E-state index contributed by atoms with van der Waals surface area (Å²) in [6.07, 6.45) is 6.66. The van der Waals surface area contributed by atoms with Crippen molar-refractivity contribution < 1.29 is 4.21 Å². The number of benzene rings is 1. The Hall–Kier alpha value is -1.69. The second-order valence-electron chi connectivity index (χ2n) is 6.06. The molecule has 1 unspecified atom stereocenters. The quantitative estimate of drug-likeness (QED) is 0.911. The van der Waals surface area contributed by atoms with Crippen molar-refractivity contribution in [3.8, 4) is 0 Å². The summed E-state index contributed by atoms with van der Waals surface area (Å²) in [7, 11) is 3.73. The predicted molar refractivity (Wildman–Crippen MR) is 92.6 cm³/mol. The maximum absolute atomic E-state index is 11.5. The molecule has 1 heterocycles. The van der Waals surface area contributed by atoms with E-state index in [1.54, 1.807) is 0 Å². The average molecular weight is 318 g/mol. The first-order valence-electron chi connectivity index (χ1n) is 7.77. The largest absolute Gasteiger partial charge is 0.359 e. The zero-order valence-corrected chi connectivity index (χ0v) is 13.9. The average Bonchev–Trinajstić information content (AvgIpc) is 2.90. The van der Waals surface area contributed by atoms with E-state index in [1.165, 1.54) is 37.7 Å². The fourth-order valence-electron chi connectivity index (χ4n) is 3.04. The second-order valence-corrected chi connectivity index (χ2v) is 6.89. The molecule has 2 aliphatic rings. The van der Waals surface area contributed by atoms with Gasteiger partial charge in [-0.3, -0.25) is 0 Å². The lowest BCUT2D eigenvalue weighted by Gasteiger charge is -2.22. The molecule has 0 radical (unpaired) electrons. The van der Waals surface area contributed by atoms with Crippen LogP contribution in [0.5, 0.6) is 0 Å². The number of nitrogens with one attached hydrogen (secondary N) is 1. The van der Waals surface area contributed by atoms with Crippen molar-refractivity contribution in [3.63, 3.8) is 0 Å². The Morgan fingerprint density at radius 3 is 2.41 bits per heavy atom. The zero-order chi connectivity index (χ0) is 15.5. The molecule has 0 bridgehead atoms. The minimum Gasteiger partial charge on any atom is -0.359 e. The third kappa shape index (κ3) is 3.38. The van der Waals surface area contributed by atoms with E-state index in [-0.39, 0.29) is 0 Å². The summed E-state index contributed by atoms with van der Waals surface area (Å²) < 4.78 is 19.5. The van der Waals surface area contributed by atoms with Crippen LogP contribution in [-0.2, 0) is 11.2 Å². The van der Waals surface area contributed by atoms with Crippen molar-refractivity contribution in [1.82, 2.24) is 4.90 Å². The van der Waals surface area contributed by atoms with Gasteiger partial charge in [0.1, 0.15) is 0 Å². The van der Waals surface area contributed by atoms with Crippen molar-refractivity contribution in [2.24, 2.45) is 8.80 Å². The highest BCUT2D eigenvalue weighted by atomic mass is 32.2. The molecular weight excluding hydrogens is 296 g/mol. The van der Waals surface area contributed by atoms with E-state index in [4.69, 9.17) is 0 Å². The number of amidine groups is 2. The molecule has 1 aromatic carbocycles. The summed E-state index contributed by atoms with van der Waals surface area (Å²) in [6.45, 7) is 0. The maximum atomic E-state index is 11.5. The van der Waals surface area contributed by atoms with Gasteiger partial charge in [-0.15, -0.1) is 8.80 Å². The number of anilines is 1. The van der Waals surface area contributed by atoms with Gasteiger partial charge in [-0.1, -0.05) is 31.4 Å². The fourth-order valence-corrected chi connectivity index (χ4v) is 3.76. The van der Waals surface area contributed by atoms with E-state index in [2.05, 4.69) is 38.4 Å². The molecule has 1 fully saturated rings. The molecule has 1 N–H and O–H groups in total. The van der Waals surface area contributed by atoms with Gasteiger partial charge in [-0.25, -0.2) is 4.21 Å². The lowest BCUT2D eigenvalue weighted by atomic mass is 9.84. The fraction of sp³-hybridized carbons (Fsp3) is 0.500. The molecule has 1 aliphatic carbocycles. The highest BCUT2D eigenvalue weighted by molar-refractivity contribution is 7.83.